The standard InChI is InChI=1S/C21H22ClN3O/c1-14-6-4-8-19(10-14)24-21(26)23-13-17-11-15(2)25(16(17)3)20-9-5-7-18(22)12-20/h4-12H,13H2,1-3H3,(H2,23,24,26). The van der Waals surface area contributed by atoms with Crippen LogP contribution in [0.15, 0.2) is 54.6 Å². The summed E-state index contributed by atoms with van der Waals surface area (Å²) in [5.74, 6) is 0. The van der Waals surface area contributed by atoms with Gasteiger partial charge in [0.05, 0.1) is 0 Å². The van der Waals surface area contributed by atoms with Crippen molar-refractivity contribution < 1.29 is 4.79 Å². The molecule has 0 radical (unpaired) electrons. The van der Waals surface area contributed by atoms with Gasteiger partial charge >= 0.3 is 6.03 Å². The lowest BCUT2D eigenvalue weighted by Crippen LogP contribution is -2.28. The summed E-state index contributed by atoms with van der Waals surface area (Å²) < 4.78 is 2.14. The Morgan fingerprint density at radius 1 is 1.04 bits per heavy atom. The second kappa shape index (κ2) is 7.67. The van der Waals surface area contributed by atoms with Crippen molar-refractivity contribution in [1.82, 2.24) is 9.88 Å². The van der Waals surface area contributed by atoms with E-state index in [-0.39, 0.29) is 6.03 Å². The van der Waals surface area contributed by atoms with Crippen molar-refractivity contribution in [3.8, 4) is 5.69 Å². The number of nitrogens with one attached hydrogen (secondary N) is 2. The zero-order valence-corrected chi connectivity index (χ0v) is 15.9. The van der Waals surface area contributed by atoms with Crippen molar-refractivity contribution in [1.29, 1.82) is 0 Å². The number of hydrogen-bond acceptors (Lipinski definition) is 1. The van der Waals surface area contributed by atoms with E-state index < -0.39 is 0 Å². The van der Waals surface area contributed by atoms with Crippen molar-refractivity contribution in [2.45, 2.75) is 27.3 Å². The molecule has 2 amide bonds. The first kappa shape index (κ1) is 18.1. The molecule has 2 N–H and O–H groups in total. The Hall–Kier alpha value is -2.72. The van der Waals surface area contributed by atoms with Gasteiger partial charge in [0.2, 0.25) is 0 Å². The van der Waals surface area contributed by atoms with E-state index in [0.717, 1.165) is 33.9 Å². The van der Waals surface area contributed by atoms with Crippen LogP contribution in [0, 0.1) is 20.8 Å². The largest absolute Gasteiger partial charge is 0.334 e. The third-order valence-electron chi connectivity index (χ3n) is 4.32. The van der Waals surface area contributed by atoms with Gasteiger partial charge in [-0.15, -0.1) is 0 Å². The van der Waals surface area contributed by atoms with Gasteiger partial charge in [-0.3, -0.25) is 0 Å². The van der Waals surface area contributed by atoms with Gasteiger partial charge in [0.25, 0.3) is 0 Å². The van der Waals surface area contributed by atoms with Gasteiger partial charge in [0, 0.05) is 34.3 Å². The smallest absolute Gasteiger partial charge is 0.319 e. The highest BCUT2D eigenvalue weighted by Crippen LogP contribution is 2.23. The lowest BCUT2D eigenvalue weighted by atomic mass is 10.2. The fourth-order valence-corrected chi connectivity index (χ4v) is 3.28. The molecular weight excluding hydrogens is 346 g/mol. The van der Waals surface area contributed by atoms with E-state index in [9.17, 15) is 4.79 Å². The van der Waals surface area contributed by atoms with Crippen LogP contribution in [0.3, 0.4) is 0 Å². The van der Waals surface area contributed by atoms with Crippen molar-refractivity contribution >= 4 is 23.3 Å². The average molecular weight is 368 g/mol. The number of aryl methyl sites for hydroxylation is 2. The molecule has 0 aliphatic heterocycles. The predicted molar refractivity (Wildman–Crippen MR) is 107 cm³/mol. The molecule has 0 saturated carbocycles. The lowest BCUT2D eigenvalue weighted by molar-refractivity contribution is 0.251. The molecular formula is C21H22ClN3O. The molecule has 3 rings (SSSR count). The monoisotopic (exact) mass is 367 g/mol. The SMILES string of the molecule is Cc1cccc(NC(=O)NCc2cc(C)n(-c3cccc(Cl)c3)c2C)c1. The molecule has 26 heavy (non-hydrogen) atoms. The van der Waals surface area contributed by atoms with Crippen LogP contribution in [0.25, 0.3) is 5.69 Å². The highest BCUT2D eigenvalue weighted by atomic mass is 35.5. The van der Waals surface area contributed by atoms with Crippen molar-refractivity contribution in [3.05, 3.63) is 82.1 Å². The van der Waals surface area contributed by atoms with Gasteiger partial charge in [-0.2, -0.15) is 0 Å². The molecule has 134 valence electrons. The van der Waals surface area contributed by atoms with E-state index >= 15 is 0 Å². The van der Waals surface area contributed by atoms with E-state index in [1.807, 2.05) is 69.3 Å². The Morgan fingerprint density at radius 3 is 2.54 bits per heavy atom. The summed E-state index contributed by atoms with van der Waals surface area (Å²) in [5.41, 5.74) is 6.16. The number of carbonyl (C=O) groups excluding carboxylic acids is 1. The lowest BCUT2D eigenvalue weighted by Gasteiger charge is -2.11. The minimum Gasteiger partial charge on any atom is -0.334 e. The highest BCUT2D eigenvalue weighted by molar-refractivity contribution is 6.30. The summed E-state index contributed by atoms with van der Waals surface area (Å²) in [6, 6.07) is 17.3. The summed E-state index contributed by atoms with van der Waals surface area (Å²) >= 11 is 6.12. The average Bonchev–Trinajstić information content (AvgIpc) is 2.87. The second-order valence-corrected chi connectivity index (χ2v) is 6.83. The molecule has 2 aromatic carbocycles. The molecule has 0 bridgehead atoms. The number of urea groups is 1. The Kier molecular flexibility index (Phi) is 5.33. The van der Waals surface area contributed by atoms with Crippen LogP contribution in [0.4, 0.5) is 10.5 Å². The quantitative estimate of drug-likeness (QED) is 0.639. The summed E-state index contributed by atoms with van der Waals surface area (Å²) in [4.78, 5) is 12.2. The first-order valence-electron chi connectivity index (χ1n) is 8.49. The van der Waals surface area contributed by atoms with E-state index in [2.05, 4.69) is 21.3 Å². The van der Waals surface area contributed by atoms with Crippen molar-refractivity contribution in [2.24, 2.45) is 0 Å². The summed E-state index contributed by atoms with van der Waals surface area (Å²) in [6.07, 6.45) is 0. The molecule has 3 aromatic rings. The van der Waals surface area contributed by atoms with Crippen molar-refractivity contribution in [2.75, 3.05) is 5.32 Å². The first-order chi connectivity index (χ1) is 12.4. The molecule has 0 spiro atoms. The van der Waals surface area contributed by atoms with Gasteiger partial charge in [-0.25, -0.2) is 4.79 Å². The van der Waals surface area contributed by atoms with Crippen LogP contribution >= 0.6 is 11.6 Å². The first-order valence-corrected chi connectivity index (χ1v) is 8.87. The zero-order chi connectivity index (χ0) is 18.7. The number of benzene rings is 2. The summed E-state index contributed by atoms with van der Waals surface area (Å²) in [5, 5.41) is 6.48. The van der Waals surface area contributed by atoms with Crippen LogP contribution in [-0.2, 0) is 6.54 Å². The third kappa shape index (κ3) is 4.09. The van der Waals surface area contributed by atoms with Gasteiger partial charge in [-0.05, 0) is 68.3 Å². The molecule has 1 aromatic heterocycles. The normalized spacial score (nSPS) is 10.6. The fourth-order valence-electron chi connectivity index (χ4n) is 3.09. The fraction of sp³-hybridized carbons (Fsp3) is 0.190. The highest BCUT2D eigenvalue weighted by Gasteiger charge is 2.12. The van der Waals surface area contributed by atoms with E-state index in [0.29, 0.717) is 11.6 Å². The molecule has 4 nitrogen and oxygen atoms in total. The van der Waals surface area contributed by atoms with E-state index in [1.165, 1.54) is 0 Å². The van der Waals surface area contributed by atoms with Gasteiger partial charge in [-0.1, -0.05) is 29.8 Å². The topological polar surface area (TPSA) is 46.1 Å². The number of aromatic nitrogens is 1. The van der Waals surface area contributed by atoms with E-state index in [1.54, 1.807) is 0 Å². The maximum atomic E-state index is 12.2. The Balaban J connectivity index is 1.71. The molecule has 1 heterocycles. The third-order valence-corrected chi connectivity index (χ3v) is 4.55. The Bertz CT molecular complexity index is 946. The molecule has 0 aliphatic carbocycles. The number of anilines is 1. The number of carbonyl (C=O) groups is 1. The summed E-state index contributed by atoms with van der Waals surface area (Å²) in [7, 11) is 0. The number of halogens is 1. The molecule has 0 saturated heterocycles. The van der Waals surface area contributed by atoms with Crippen molar-refractivity contribution in [3.63, 3.8) is 0 Å². The van der Waals surface area contributed by atoms with E-state index in [4.69, 9.17) is 11.6 Å². The maximum absolute atomic E-state index is 12.2. The van der Waals surface area contributed by atoms with Gasteiger partial charge in [0.1, 0.15) is 0 Å². The Morgan fingerprint density at radius 2 is 1.81 bits per heavy atom. The van der Waals surface area contributed by atoms with Gasteiger partial charge in [0.15, 0.2) is 0 Å². The number of amides is 2. The van der Waals surface area contributed by atoms with Crippen LogP contribution in [-0.4, -0.2) is 10.6 Å². The van der Waals surface area contributed by atoms with Gasteiger partial charge < -0.3 is 15.2 Å². The molecule has 0 fully saturated rings. The van der Waals surface area contributed by atoms with Crippen LogP contribution < -0.4 is 10.6 Å². The minimum absolute atomic E-state index is 0.219. The number of rotatable bonds is 4. The Labute approximate surface area is 158 Å². The molecule has 0 atom stereocenters. The maximum Gasteiger partial charge on any atom is 0.319 e. The molecule has 5 heteroatoms. The number of hydrogen-bond donors (Lipinski definition) is 2. The second-order valence-electron chi connectivity index (χ2n) is 6.39. The zero-order valence-electron chi connectivity index (χ0n) is 15.1. The number of nitrogens with zero attached hydrogens (tertiary/aromatic N) is 1. The molecule has 0 aliphatic rings. The predicted octanol–water partition coefficient (Wildman–Crippen LogP) is 5.38. The molecule has 0 unspecified atom stereocenters. The van der Waals surface area contributed by atoms with Crippen LogP contribution in [0.2, 0.25) is 5.02 Å². The summed E-state index contributed by atoms with van der Waals surface area (Å²) in [6.45, 7) is 6.54. The minimum atomic E-state index is -0.219. The van der Waals surface area contributed by atoms with Crippen LogP contribution in [0.5, 0.6) is 0 Å². The van der Waals surface area contributed by atoms with Crippen LogP contribution in [0.1, 0.15) is 22.5 Å².